The van der Waals surface area contributed by atoms with Gasteiger partial charge in [0.2, 0.25) is 10.0 Å². The Morgan fingerprint density at radius 1 is 1.00 bits per heavy atom. The van der Waals surface area contributed by atoms with Crippen LogP contribution < -0.4 is 4.90 Å². The molecule has 0 bridgehead atoms. The summed E-state index contributed by atoms with van der Waals surface area (Å²) in [6.07, 6.45) is 1.01. The normalized spacial score (nSPS) is 15.5. The fourth-order valence-corrected chi connectivity index (χ4v) is 4.87. The molecular weight excluding hydrogens is 493 g/mol. The summed E-state index contributed by atoms with van der Waals surface area (Å²) in [6, 6.07) is 3.81. The Balaban J connectivity index is 1.71. The van der Waals surface area contributed by atoms with Gasteiger partial charge >= 0.3 is 6.18 Å². The lowest BCUT2D eigenvalue weighted by atomic mass is 10.1. The highest BCUT2D eigenvalue weighted by Crippen LogP contribution is 2.35. The lowest BCUT2D eigenvalue weighted by Gasteiger charge is -2.34. The summed E-state index contributed by atoms with van der Waals surface area (Å²) in [5.41, 5.74) is 0.506. The molecule has 3 aromatic heterocycles. The third-order valence-electron chi connectivity index (χ3n) is 5.44. The number of nitrogens with zero attached hydrogens (tertiary/aromatic N) is 6. The monoisotopic (exact) mass is 512 g/mol. The number of alkyl halides is 3. The zero-order valence-corrected chi connectivity index (χ0v) is 19.6. The highest BCUT2D eigenvalue weighted by Gasteiger charge is 2.32. The van der Waals surface area contributed by atoms with Crippen LogP contribution in [0.4, 0.5) is 19.0 Å². The van der Waals surface area contributed by atoms with Crippen LogP contribution in [0.2, 0.25) is 5.02 Å². The van der Waals surface area contributed by atoms with E-state index in [0.717, 1.165) is 12.3 Å². The first-order valence-corrected chi connectivity index (χ1v) is 12.3. The molecule has 180 valence electrons. The summed E-state index contributed by atoms with van der Waals surface area (Å²) in [5, 5.41) is 0.300. The van der Waals surface area contributed by atoms with E-state index in [9.17, 15) is 21.6 Å². The van der Waals surface area contributed by atoms with E-state index in [1.807, 2.05) is 4.90 Å². The maximum atomic E-state index is 12.9. The highest BCUT2D eigenvalue weighted by atomic mass is 35.5. The molecule has 8 nitrogen and oxygen atoms in total. The molecule has 0 saturated carbocycles. The van der Waals surface area contributed by atoms with Crippen molar-refractivity contribution in [2.75, 3.05) is 36.8 Å². The van der Waals surface area contributed by atoms with Gasteiger partial charge in [-0.2, -0.15) is 17.5 Å². The minimum atomic E-state index is -4.56. The average molecular weight is 513 g/mol. The lowest BCUT2D eigenvalue weighted by Crippen LogP contribution is -2.49. The summed E-state index contributed by atoms with van der Waals surface area (Å²) >= 11 is 6.35. The number of aromatic nitrogens is 4. The fraction of sp³-hybridized carbons (Fsp3) is 0.333. The van der Waals surface area contributed by atoms with Gasteiger partial charge in [-0.1, -0.05) is 11.6 Å². The Bertz CT molecular complexity index is 1280. The maximum Gasteiger partial charge on any atom is 0.433 e. The van der Waals surface area contributed by atoms with Crippen LogP contribution in [0.5, 0.6) is 0 Å². The van der Waals surface area contributed by atoms with Gasteiger partial charge in [0, 0.05) is 55.9 Å². The molecule has 1 fully saturated rings. The van der Waals surface area contributed by atoms with E-state index in [-0.39, 0.29) is 5.75 Å². The van der Waals surface area contributed by atoms with Gasteiger partial charge in [0.25, 0.3) is 0 Å². The molecule has 3 aromatic rings. The van der Waals surface area contributed by atoms with Gasteiger partial charge in [0.1, 0.15) is 17.2 Å². The van der Waals surface area contributed by atoms with Gasteiger partial charge in [-0.15, -0.1) is 0 Å². The largest absolute Gasteiger partial charge is 0.433 e. The van der Waals surface area contributed by atoms with Crippen molar-refractivity contribution in [1.82, 2.24) is 24.2 Å². The van der Waals surface area contributed by atoms with E-state index in [0.29, 0.717) is 59.5 Å². The molecule has 13 heteroatoms. The van der Waals surface area contributed by atoms with Crippen LogP contribution in [0.25, 0.3) is 22.5 Å². The summed E-state index contributed by atoms with van der Waals surface area (Å²) in [7, 11) is -3.28. The van der Waals surface area contributed by atoms with Crippen molar-refractivity contribution in [2.45, 2.75) is 13.1 Å². The van der Waals surface area contributed by atoms with Crippen molar-refractivity contribution in [3.63, 3.8) is 0 Å². The van der Waals surface area contributed by atoms with E-state index >= 15 is 0 Å². The van der Waals surface area contributed by atoms with Gasteiger partial charge < -0.3 is 4.90 Å². The van der Waals surface area contributed by atoms with E-state index in [4.69, 9.17) is 16.6 Å². The molecule has 1 aliphatic heterocycles. The zero-order chi connectivity index (χ0) is 24.5. The molecule has 4 heterocycles. The number of hydrogen-bond donors (Lipinski definition) is 0. The van der Waals surface area contributed by atoms with Crippen LogP contribution in [-0.4, -0.2) is 64.6 Å². The van der Waals surface area contributed by atoms with Crippen LogP contribution >= 0.6 is 11.6 Å². The first-order chi connectivity index (χ1) is 16.1. The number of anilines is 1. The predicted octanol–water partition coefficient (Wildman–Crippen LogP) is 3.74. The number of halogens is 4. The van der Waals surface area contributed by atoms with Crippen molar-refractivity contribution in [3.8, 4) is 22.5 Å². The number of piperazine rings is 1. The molecule has 34 heavy (non-hydrogen) atoms. The first-order valence-electron chi connectivity index (χ1n) is 10.3. The molecule has 0 N–H and O–H groups in total. The van der Waals surface area contributed by atoms with Gasteiger partial charge in [-0.05, 0) is 25.1 Å². The number of rotatable bonds is 5. The van der Waals surface area contributed by atoms with E-state index < -0.39 is 21.9 Å². The third kappa shape index (κ3) is 4.98. The van der Waals surface area contributed by atoms with Crippen molar-refractivity contribution in [3.05, 3.63) is 53.7 Å². The molecule has 1 aliphatic rings. The second-order valence-corrected chi connectivity index (χ2v) is 10.2. The molecule has 0 spiro atoms. The van der Waals surface area contributed by atoms with Gasteiger partial charge in [0.15, 0.2) is 0 Å². The fourth-order valence-electron chi connectivity index (χ4n) is 3.58. The molecule has 4 rings (SSSR count). The Kier molecular flexibility index (Phi) is 6.74. The standard InChI is InChI=1S/C21H20ClF3N6O2S/c1-2-34(32,33)31-9-7-30(8-10-31)18-13-28-19(14-3-4-17(27-11-14)21(23,24)25)20(29-18)15-5-6-26-12-16(15)22/h3-6,11-13H,2,7-10H2,1H3. The molecule has 0 radical (unpaired) electrons. The van der Waals surface area contributed by atoms with Crippen LogP contribution in [0.15, 0.2) is 43.0 Å². The highest BCUT2D eigenvalue weighted by molar-refractivity contribution is 7.89. The molecule has 0 atom stereocenters. The van der Waals surface area contributed by atoms with Gasteiger partial charge in [-0.3, -0.25) is 15.0 Å². The maximum absolute atomic E-state index is 12.9. The topological polar surface area (TPSA) is 92.2 Å². The molecular formula is C21H20ClF3N6O2S. The Morgan fingerprint density at radius 3 is 2.32 bits per heavy atom. The second kappa shape index (κ2) is 9.43. The van der Waals surface area contributed by atoms with E-state index in [1.54, 1.807) is 13.0 Å². The van der Waals surface area contributed by atoms with E-state index in [2.05, 4.69) is 15.0 Å². The first kappa shape index (κ1) is 24.3. The smallest absolute Gasteiger partial charge is 0.353 e. The van der Waals surface area contributed by atoms with Crippen LogP contribution in [0.3, 0.4) is 0 Å². The quantitative estimate of drug-likeness (QED) is 0.514. The third-order valence-corrected chi connectivity index (χ3v) is 7.62. The van der Waals surface area contributed by atoms with Crippen molar-refractivity contribution in [2.24, 2.45) is 0 Å². The lowest BCUT2D eigenvalue weighted by molar-refractivity contribution is -0.141. The molecule has 1 saturated heterocycles. The Hall–Kier alpha value is -2.83. The predicted molar refractivity (Wildman–Crippen MR) is 122 cm³/mol. The molecule has 0 unspecified atom stereocenters. The summed E-state index contributed by atoms with van der Waals surface area (Å²) in [4.78, 5) is 18.6. The summed E-state index contributed by atoms with van der Waals surface area (Å²) < 4.78 is 64.6. The van der Waals surface area contributed by atoms with Crippen molar-refractivity contribution in [1.29, 1.82) is 0 Å². The zero-order valence-electron chi connectivity index (χ0n) is 18.0. The van der Waals surface area contributed by atoms with Crippen molar-refractivity contribution < 1.29 is 21.6 Å². The Labute approximate surface area is 199 Å². The summed E-state index contributed by atoms with van der Waals surface area (Å²) in [5.74, 6) is 0.535. The molecule has 0 aliphatic carbocycles. The van der Waals surface area contributed by atoms with Crippen LogP contribution in [-0.2, 0) is 16.2 Å². The average Bonchev–Trinajstić information content (AvgIpc) is 2.84. The van der Waals surface area contributed by atoms with Gasteiger partial charge in [-0.25, -0.2) is 13.4 Å². The van der Waals surface area contributed by atoms with Crippen LogP contribution in [0, 0.1) is 0 Å². The number of pyridine rings is 2. The van der Waals surface area contributed by atoms with Crippen molar-refractivity contribution >= 4 is 27.4 Å². The van der Waals surface area contributed by atoms with E-state index in [1.165, 1.54) is 29.0 Å². The second-order valence-electron chi connectivity index (χ2n) is 7.50. The molecule has 0 aromatic carbocycles. The minimum Gasteiger partial charge on any atom is -0.353 e. The number of sulfonamides is 1. The minimum absolute atomic E-state index is 0.0351. The Morgan fingerprint density at radius 2 is 1.74 bits per heavy atom. The SMILES string of the molecule is CCS(=O)(=O)N1CCN(c2cnc(-c3ccc(C(F)(F)F)nc3)c(-c3ccncc3Cl)n2)CC1. The van der Waals surface area contributed by atoms with Gasteiger partial charge in [0.05, 0.1) is 22.7 Å². The number of hydrogen-bond acceptors (Lipinski definition) is 7. The molecule has 0 amide bonds. The summed E-state index contributed by atoms with van der Waals surface area (Å²) in [6.45, 7) is 3.06. The van der Waals surface area contributed by atoms with Crippen LogP contribution in [0.1, 0.15) is 12.6 Å².